The van der Waals surface area contributed by atoms with Gasteiger partial charge in [0.15, 0.2) is 5.78 Å². The van der Waals surface area contributed by atoms with Crippen LogP contribution in [0.2, 0.25) is 0 Å². The van der Waals surface area contributed by atoms with Gasteiger partial charge < -0.3 is 4.74 Å². The Kier molecular flexibility index (Phi) is 4.72. The molecule has 0 aliphatic carbocycles. The average molecular weight is 261 g/mol. The molecule has 1 aromatic rings. The lowest BCUT2D eigenvalue weighted by Gasteiger charge is -2.36. The van der Waals surface area contributed by atoms with Crippen molar-refractivity contribution in [2.75, 3.05) is 19.6 Å². The fraction of sp³-hybridized carbons (Fsp3) is 0.562. The summed E-state index contributed by atoms with van der Waals surface area (Å²) >= 11 is 0. The number of nitrogens with zero attached hydrogens (tertiary/aromatic N) is 1. The van der Waals surface area contributed by atoms with Gasteiger partial charge in [0.2, 0.25) is 0 Å². The highest BCUT2D eigenvalue weighted by molar-refractivity contribution is 5.97. The Labute approximate surface area is 115 Å². The van der Waals surface area contributed by atoms with Crippen LogP contribution in [-0.4, -0.2) is 42.5 Å². The minimum absolute atomic E-state index is 0.0277. The number of benzene rings is 1. The van der Waals surface area contributed by atoms with Crippen LogP contribution in [0.15, 0.2) is 30.3 Å². The Morgan fingerprint density at radius 2 is 1.84 bits per heavy atom. The van der Waals surface area contributed by atoms with E-state index >= 15 is 0 Å². The van der Waals surface area contributed by atoms with Crippen molar-refractivity contribution in [3.05, 3.63) is 35.9 Å². The fourth-order valence-electron chi connectivity index (χ4n) is 2.79. The van der Waals surface area contributed by atoms with Gasteiger partial charge in [-0.1, -0.05) is 37.3 Å². The third kappa shape index (κ3) is 3.88. The fourth-order valence-corrected chi connectivity index (χ4v) is 2.79. The molecule has 3 nitrogen and oxygen atoms in total. The van der Waals surface area contributed by atoms with Crippen LogP contribution in [0, 0.1) is 5.92 Å². The summed E-state index contributed by atoms with van der Waals surface area (Å²) in [5.41, 5.74) is 0.810. The van der Waals surface area contributed by atoms with E-state index < -0.39 is 0 Å². The van der Waals surface area contributed by atoms with E-state index in [1.165, 1.54) is 0 Å². The van der Waals surface area contributed by atoms with Crippen LogP contribution >= 0.6 is 0 Å². The number of hydrogen-bond donors (Lipinski definition) is 0. The Balaban J connectivity index is 1.93. The summed E-state index contributed by atoms with van der Waals surface area (Å²) in [7, 11) is 0. The van der Waals surface area contributed by atoms with Crippen molar-refractivity contribution in [1.82, 2.24) is 4.90 Å². The normalized spacial score (nSPS) is 26.1. The van der Waals surface area contributed by atoms with E-state index in [0.717, 1.165) is 25.2 Å². The summed E-state index contributed by atoms with van der Waals surface area (Å²) in [6.45, 7) is 8.83. The molecule has 0 bridgehead atoms. The second-order valence-electron chi connectivity index (χ2n) is 5.61. The number of carbonyl (C=O) groups excluding carboxylic acids is 1. The summed E-state index contributed by atoms with van der Waals surface area (Å²) in [6.07, 6.45) is 0.505. The SMILES string of the molecule is CC1CN(CC(C)C(=O)c2ccccc2)CC(C)O1. The number of carbonyl (C=O) groups is 1. The number of ketones is 1. The molecule has 19 heavy (non-hydrogen) atoms. The lowest BCUT2D eigenvalue weighted by Crippen LogP contribution is -2.47. The second-order valence-corrected chi connectivity index (χ2v) is 5.61. The van der Waals surface area contributed by atoms with Crippen molar-refractivity contribution in [1.29, 1.82) is 0 Å². The van der Waals surface area contributed by atoms with E-state index in [1.807, 2.05) is 37.3 Å². The van der Waals surface area contributed by atoms with E-state index in [-0.39, 0.29) is 23.9 Å². The van der Waals surface area contributed by atoms with Crippen molar-refractivity contribution >= 4 is 5.78 Å². The highest BCUT2D eigenvalue weighted by Gasteiger charge is 2.25. The second kappa shape index (κ2) is 6.31. The number of Topliss-reactive ketones (excluding diaryl/α,β-unsaturated/α-hetero) is 1. The van der Waals surface area contributed by atoms with E-state index in [0.29, 0.717) is 0 Å². The minimum Gasteiger partial charge on any atom is -0.373 e. The molecule has 3 atom stereocenters. The van der Waals surface area contributed by atoms with Crippen LogP contribution in [0.4, 0.5) is 0 Å². The molecule has 0 radical (unpaired) electrons. The molecule has 1 aliphatic rings. The standard InChI is InChI=1S/C16H23NO2/c1-12(16(18)15-7-5-4-6-8-15)9-17-10-13(2)19-14(3)11-17/h4-8,12-14H,9-11H2,1-3H3. The molecule has 0 saturated carbocycles. The van der Waals surface area contributed by atoms with Crippen LogP contribution < -0.4 is 0 Å². The van der Waals surface area contributed by atoms with Crippen LogP contribution in [0.25, 0.3) is 0 Å². The van der Waals surface area contributed by atoms with Gasteiger partial charge in [-0.25, -0.2) is 0 Å². The van der Waals surface area contributed by atoms with Crippen molar-refractivity contribution in [3.63, 3.8) is 0 Å². The monoisotopic (exact) mass is 261 g/mol. The van der Waals surface area contributed by atoms with Gasteiger partial charge in [0, 0.05) is 31.1 Å². The first-order valence-corrected chi connectivity index (χ1v) is 7.03. The van der Waals surface area contributed by atoms with E-state index in [9.17, 15) is 4.79 Å². The molecule has 1 saturated heterocycles. The molecular weight excluding hydrogens is 238 g/mol. The predicted molar refractivity (Wildman–Crippen MR) is 76.4 cm³/mol. The molecule has 1 heterocycles. The highest BCUT2D eigenvalue weighted by Crippen LogP contribution is 2.15. The maximum Gasteiger partial charge on any atom is 0.166 e. The van der Waals surface area contributed by atoms with Gasteiger partial charge in [0.1, 0.15) is 0 Å². The van der Waals surface area contributed by atoms with Crippen LogP contribution in [0.5, 0.6) is 0 Å². The van der Waals surface area contributed by atoms with E-state index in [4.69, 9.17) is 4.74 Å². The predicted octanol–water partition coefficient (Wildman–Crippen LogP) is 2.61. The van der Waals surface area contributed by atoms with Gasteiger partial charge in [0.25, 0.3) is 0 Å². The maximum atomic E-state index is 12.3. The number of rotatable bonds is 4. The first kappa shape index (κ1) is 14.2. The summed E-state index contributed by atoms with van der Waals surface area (Å²) in [4.78, 5) is 14.7. The molecule has 104 valence electrons. The molecule has 2 rings (SSSR count). The molecular formula is C16H23NO2. The van der Waals surface area contributed by atoms with Crippen molar-refractivity contribution in [3.8, 4) is 0 Å². The molecule has 3 unspecified atom stereocenters. The number of hydrogen-bond acceptors (Lipinski definition) is 3. The molecule has 1 aromatic carbocycles. The molecule has 0 aromatic heterocycles. The third-order valence-electron chi connectivity index (χ3n) is 3.53. The Morgan fingerprint density at radius 3 is 2.42 bits per heavy atom. The molecule has 0 spiro atoms. The lowest BCUT2D eigenvalue weighted by molar-refractivity contribution is -0.0700. The third-order valence-corrected chi connectivity index (χ3v) is 3.53. The first-order chi connectivity index (χ1) is 9.06. The highest BCUT2D eigenvalue weighted by atomic mass is 16.5. The summed E-state index contributed by atoms with van der Waals surface area (Å²) < 4.78 is 5.72. The van der Waals surface area contributed by atoms with Gasteiger partial charge in [0.05, 0.1) is 12.2 Å². The summed E-state index contributed by atoms with van der Waals surface area (Å²) in [5, 5.41) is 0. The summed E-state index contributed by atoms with van der Waals surface area (Å²) in [5.74, 6) is 0.257. The van der Waals surface area contributed by atoms with Crippen LogP contribution in [0.3, 0.4) is 0 Å². The zero-order chi connectivity index (χ0) is 13.8. The maximum absolute atomic E-state index is 12.3. The van der Waals surface area contributed by atoms with Crippen molar-refractivity contribution in [2.24, 2.45) is 5.92 Å². The Hall–Kier alpha value is -1.19. The van der Waals surface area contributed by atoms with Gasteiger partial charge in [-0.3, -0.25) is 9.69 Å². The zero-order valence-corrected chi connectivity index (χ0v) is 12.0. The van der Waals surface area contributed by atoms with Crippen molar-refractivity contribution in [2.45, 2.75) is 33.0 Å². The number of morpholine rings is 1. The van der Waals surface area contributed by atoms with Gasteiger partial charge in [-0.15, -0.1) is 0 Å². The van der Waals surface area contributed by atoms with Gasteiger partial charge in [-0.05, 0) is 13.8 Å². The zero-order valence-electron chi connectivity index (χ0n) is 12.0. The quantitative estimate of drug-likeness (QED) is 0.780. The smallest absolute Gasteiger partial charge is 0.166 e. The van der Waals surface area contributed by atoms with Gasteiger partial charge >= 0.3 is 0 Å². The molecule has 3 heteroatoms. The van der Waals surface area contributed by atoms with E-state index in [2.05, 4.69) is 18.7 Å². The van der Waals surface area contributed by atoms with E-state index in [1.54, 1.807) is 0 Å². The molecule has 1 fully saturated rings. The largest absolute Gasteiger partial charge is 0.373 e. The minimum atomic E-state index is 0.0277. The Morgan fingerprint density at radius 1 is 1.26 bits per heavy atom. The topological polar surface area (TPSA) is 29.5 Å². The van der Waals surface area contributed by atoms with Crippen LogP contribution in [-0.2, 0) is 4.74 Å². The molecule has 1 aliphatic heterocycles. The molecule has 0 amide bonds. The average Bonchev–Trinajstić information content (AvgIpc) is 2.37. The van der Waals surface area contributed by atoms with Crippen LogP contribution in [0.1, 0.15) is 31.1 Å². The van der Waals surface area contributed by atoms with Gasteiger partial charge in [-0.2, -0.15) is 0 Å². The Bertz CT molecular complexity index is 408. The number of ether oxygens (including phenoxy) is 1. The molecule has 0 N–H and O–H groups in total. The lowest BCUT2D eigenvalue weighted by atomic mass is 9.98. The summed E-state index contributed by atoms with van der Waals surface area (Å²) in [6, 6.07) is 9.55. The van der Waals surface area contributed by atoms with Crippen molar-refractivity contribution < 1.29 is 9.53 Å². The first-order valence-electron chi connectivity index (χ1n) is 7.03.